The lowest BCUT2D eigenvalue weighted by atomic mass is 10.2. The molecule has 0 bridgehead atoms. The Balaban J connectivity index is 1.91. The van der Waals surface area contributed by atoms with Crippen LogP contribution in [0.4, 0.5) is 4.79 Å². The van der Waals surface area contributed by atoms with Crippen molar-refractivity contribution in [1.29, 1.82) is 0 Å². The minimum Gasteiger partial charge on any atom is -0.394 e. The van der Waals surface area contributed by atoms with Gasteiger partial charge in [-0.2, -0.15) is 0 Å². The van der Waals surface area contributed by atoms with Crippen molar-refractivity contribution in [3.8, 4) is 0 Å². The molecule has 2 aliphatic rings. The van der Waals surface area contributed by atoms with E-state index in [1.54, 1.807) is 0 Å². The second-order valence-corrected chi connectivity index (χ2v) is 4.15. The molecule has 0 aliphatic carbocycles. The Bertz CT molecular complexity index is 357. The van der Waals surface area contributed by atoms with Crippen LogP contribution in [0, 0.1) is 0 Å². The molecule has 18 heavy (non-hydrogen) atoms. The van der Waals surface area contributed by atoms with E-state index in [2.05, 4.69) is 5.32 Å². The number of hydrogen-bond donors (Lipinski definition) is 2. The van der Waals surface area contributed by atoms with Gasteiger partial charge in [-0.25, -0.2) is 4.79 Å². The van der Waals surface area contributed by atoms with Crippen LogP contribution in [-0.2, 0) is 14.3 Å². The van der Waals surface area contributed by atoms with E-state index in [1.165, 1.54) is 4.90 Å². The van der Waals surface area contributed by atoms with Crippen LogP contribution in [0.25, 0.3) is 0 Å². The third-order valence-corrected chi connectivity index (χ3v) is 2.93. The maximum atomic E-state index is 11.9. The molecule has 2 fully saturated rings. The topological polar surface area (TPSA) is 99.2 Å². The van der Waals surface area contributed by atoms with Gasteiger partial charge in [-0.3, -0.25) is 14.5 Å². The minimum absolute atomic E-state index is 0.0610. The number of ether oxygens (including phenoxy) is 1. The summed E-state index contributed by atoms with van der Waals surface area (Å²) < 4.78 is 5.22. The summed E-state index contributed by atoms with van der Waals surface area (Å²) in [4.78, 5) is 36.9. The summed E-state index contributed by atoms with van der Waals surface area (Å²) in [5.41, 5.74) is 0. The Morgan fingerprint density at radius 2 is 2.28 bits per heavy atom. The van der Waals surface area contributed by atoms with Gasteiger partial charge in [-0.15, -0.1) is 0 Å². The number of nitrogens with one attached hydrogen (secondary N) is 1. The molecule has 1 unspecified atom stereocenters. The molecule has 2 heterocycles. The maximum absolute atomic E-state index is 11.9. The molecule has 2 N–H and O–H groups in total. The summed E-state index contributed by atoms with van der Waals surface area (Å²) in [6.45, 7) is 0.541. The van der Waals surface area contributed by atoms with Crippen molar-refractivity contribution in [3.63, 3.8) is 0 Å². The van der Waals surface area contributed by atoms with Crippen LogP contribution >= 0.6 is 0 Å². The SMILES string of the molecule is O=C(CN1C(=O)CNC1=O)N1CCOC(CO)C1. The lowest BCUT2D eigenvalue weighted by Crippen LogP contribution is -2.50. The van der Waals surface area contributed by atoms with Gasteiger partial charge in [-0.05, 0) is 0 Å². The Labute approximate surface area is 103 Å². The van der Waals surface area contributed by atoms with Crippen LogP contribution in [0.5, 0.6) is 0 Å². The highest BCUT2D eigenvalue weighted by atomic mass is 16.5. The molecule has 8 nitrogen and oxygen atoms in total. The van der Waals surface area contributed by atoms with E-state index in [0.717, 1.165) is 4.90 Å². The van der Waals surface area contributed by atoms with Gasteiger partial charge in [0, 0.05) is 13.1 Å². The van der Waals surface area contributed by atoms with Crippen molar-refractivity contribution in [2.24, 2.45) is 0 Å². The van der Waals surface area contributed by atoms with Crippen molar-refractivity contribution in [3.05, 3.63) is 0 Å². The standard InChI is InChI=1S/C10H15N3O5/c14-6-7-4-12(1-2-18-7)9(16)5-13-8(15)3-11-10(13)17/h7,14H,1-6H2,(H,11,17). The number of urea groups is 1. The van der Waals surface area contributed by atoms with E-state index < -0.39 is 18.0 Å². The van der Waals surface area contributed by atoms with Crippen LogP contribution in [0.1, 0.15) is 0 Å². The number of imide groups is 1. The average Bonchev–Trinajstić information content (AvgIpc) is 2.70. The van der Waals surface area contributed by atoms with Gasteiger partial charge >= 0.3 is 6.03 Å². The summed E-state index contributed by atoms with van der Waals surface area (Å²) in [5.74, 6) is -0.720. The number of carbonyl (C=O) groups excluding carboxylic acids is 3. The van der Waals surface area contributed by atoms with Crippen molar-refractivity contribution in [2.75, 3.05) is 39.4 Å². The van der Waals surface area contributed by atoms with Gasteiger partial charge in [0.2, 0.25) is 5.91 Å². The Kier molecular flexibility index (Phi) is 3.78. The summed E-state index contributed by atoms with van der Waals surface area (Å²) in [6.07, 6.45) is -0.397. The second kappa shape index (κ2) is 5.32. The molecule has 0 spiro atoms. The summed E-state index contributed by atoms with van der Waals surface area (Å²) in [6, 6.07) is -0.541. The van der Waals surface area contributed by atoms with Crippen LogP contribution < -0.4 is 5.32 Å². The molecule has 2 rings (SSSR count). The van der Waals surface area contributed by atoms with Crippen LogP contribution in [0.2, 0.25) is 0 Å². The van der Waals surface area contributed by atoms with E-state index in [9.17, 15) is 14.4 Å². The van der Waals surface area contributed by atoms with Crippen LogP contribution in [0.3, 0.4) is 0 Å². The molecule has 2 saturated heterocycles. The molecule has 0 aromatic heterocycles. The summed E-state index contributed by atoms with van der Waals surface area (Å²) in [7, 11) is 0. The number of morpholine rings is 1. The van der Waals surface area contributed by atoms with Gasteiger partial charge in [0.15, 0.2) is 0 Å². The molecule has 4 amide bonds. The zero-order valence-corrected chi connectivity index (χ0v) is 9.79. The fourth-order valence-corrected chi connectivity index (χ4v) is 1.91. The predicted molar refractivity (Wildman–Crippen MR) is 58.5 cm³/mol. The lowest BCUT2D eigenvalue weighted by molar-refractivity contribution is -0.143. The fourth-order valence-electron chi connectivity index (χ4n) is 1.91. The quantitative estimate of drug-likeness (QED) is 0.557. The monoisotopic (exact) mass is 257 g/mol. The van der Waals surface area contributed by atoms with E-state index >= 15 is 0 Å². The maximum Gasteiger partial charge on any atom is 0.325 e. The van der Waals surface area contributed by atoms with Crippen molar-refractivity contribution in [1.82, 2.24) is 15.1 Å². The number of carbonyl (C=O) groups is 3. The first-order valence-corrected chi connectivity index (χ1v) is 5.70. The lowest BCUT2D eigenvalue weighted by Gasteiger charge is -2.32. The second-order valence-electron chi connectivity index (χ2n) is 4.15. The third kappa shape index (κ3) is 2.59. The van der Waals surface area contributed by atoms with Gasteiger partial charge < -0.3 is 20.1 Å². The summed E-state index contributed by atoms with van der Waals surface area (Å²) in [5, 5.41) is 11.3. The number of rotatable bonds is 3. The van der Waals surface area contributed by atoms with E-state index in [4.69, 9.17) is 9.84 Å². The zero-order chi connectivity index (χ0) is 13.1. The smallest absolute Gasteiger partial charge is 0.325 e. The first-order valence-electron chi connectivity index (χ1n) is 5.70. The fraction of sp³-hybridized carbons (Fsp3) is 0.700. The average molecular weight is 257 g/mol. The Hall–Kier alpha value is -1.67. The van der Waals surface area contributed by atoms with E-state index in [-0.39, 0.29) is 32.1 Å². The van der Waals surface area contributed by atoms with Crippen molar-refractivity contribution >= 4 is 17.8 Å². The molecule has 0 saturated carbocycles. The molecule has 2 aliphatic heterocycles. The molecular formula is C10H15N3O5. The highest BCUT2D eigenvalue weighted by Crippen LogP contribution is 2.07. The van der Waals surface area contributed by atoms with Gasteiger partial charge in [0.05, 0.1) is 25.9 Å². The highest BCUT2D eigenvalue weighted by molar-refractivity contribution is 6.04. The van der Waals surface area contributed by atoms with Gasteiger partial charge in [-0.1, -0.05) is 0 Å². The van der Waals surface area contributed by atoms with Crippen molar-refractivity contribution in [2.45, 2.75) is 6.10 Å². The number of nitrogens with zero attached hydrogens (tertiary/aromatic N) is 2. The Morgan fingerprint density at radius 3 is 2.89 bits per heavy atom. The molecule has 8 heteroatoms. The Morgan fingerprint density at radius 1 is 1.50 bits per heavy atom. The third-order valence-electron chi connectivity index (χ3n) is 2.93. The first kappa shape index (κ1) is 12.8. The molecular weight excluding hydrogens is 242 g/mol. The van der Waals surface area contributed by atoms with Gasteiger partial charge in [0.1, 0.15) is 6.54 Å². The number of hydrogen-bond acceptors (Lipinski definition) is 5. The van der Waals surface area contributed by atoms with Crippen molar-refractivity contribution < 1.29 is 24.2 Å². The van der Waals surface area contributed by atoms with Crippen LogP contribution in [0.15, 0.2) is 0 Å². The number of aliphatic hydroxyl groups excluding tert-OH is 1. The molecule has 100 valence electrons. The number of aliphatic hydroxyl groups is 1. The number of amides is 4. The van der Waals surface area contributed by atoms with Gasteiger partial charge in [0.25, 0.3) is 5.91 Å². The van der Waals surface area contributed by atoms with E-state index in [0.29, 0.717) is 13.2 Å². The molecule has 1 atom stereocenters. The van der Waals surface area contributed by atoms with Crippen LogP contribution in [-0.4, -0.2) is 78.2 Å². The predicted octanol–water partition coefficient (Wildman–Crippen LogP) is -2.24. The van der Waals surface area contributed by atoms with E-state index in [1.807, 2.05) is 0 Å². The zero-order valence-electron chi connectivity index (χ0n) is 9.79. The summed E-state index contributed by atoms with van der Waals surface area (Å²) >= 11 is 0. The normalized spacial score (nSPS) is 24.4. The highest BCUT2D eigenvalue weighted by Gasteiger charge is 2.32. The molecule has 0 radical (unpaired) electrons. The molecule has 0 aromatic rings. The minimum atomic E-state index is -0.541. The molecule has 0 aromatic carbocycles. The first-order chi connectivity index (χ1) is 8.61. The largest absolute Gasteiger partial charge is 0.394 e.